The molecule has 2 aliphatic rings. The number of aliphatic hydroxyl groups is 3. The van der Waals surface area contributed by atoms with Crippen LogP contribution in [0.4, 0.5) is 0 Å². The molecule has 70 valence electrons. The van der Waals surface area contributed by atoms with Crippen molar-refractivity contribution in [2.75, 3.05) is 13.1 Å². The molecular weight excluding hydrogens is 158 g/mol. The fourth-order valence-corrected chi connectivity index (χ4v) is 2.30. The molecule has 4 atom stereocenters. The highest BCUT2D eigenvalue weighted by atomic mass is 16.3. The maximum Gasteiger partial charge on any atom is 0.0991 e. The number of rotatable bonds is 0. The van der Waals surface area contributed by atoms with Crippen LogP contribution >= 0.6 is 0 Å². The third-order valence-corrected chi connectivity index (χ3v) is 2.93. The molecule has 0 aromatic rings. The van der Waals surface area contributed by atoms with Crippen LogP contribution < -0.4 is 0 Å². The van der Waals surface area contributed by atoms with E-state index < -0.39 is 18.3 Å². The zero-order valence-electron chi connectivity index (χ0n) is 6.93. The molecular formula is C8H15NO3. The summed E-state index contributed by atoms with van der Waals surface area (Å²) in [7, 11) is 0. The van der Waals surface area contributed by atoms with E-state index in [0.29, 0.717) is 6.54 Å². The van der Waals surface area contributed by atoms with Gasteiger partial charge in [0.2, 0.25) is 0 Å². The molecule has 2 saturated heterocycles. The summed E-state index contributed by atoms with van der Waals surface area (Å²) in [6.07, 6.45) is -0.212. The van der Waals surface area contributed by atoms with Gasteiger partial charge in [0.05, 0.1) is 24.4 Å². The molecule has 2 fully saturated rings. The molecule has 0 spiro atoms. The maximum absolute atomic E-state index is 9.55. The number of hydrogen-bond acceptors (Lipinski definition) is 4. The van der Waals surface area contributed by atoms with Gasteiger partial charge < -0.3 is 15.3 Å². The van der Waals surface area contributed by atoms with E-state index in [1.165, 1.54) is 0 Å². The van der Waals surface area contributed by atoms with Crippen molar-refractivity contribution in [2.45, 2.75) is 37.2 Å². The molecule has 0 aromatic carbocycles. The summed E-state index contributed by atoms with van der Waals surface area (Å²) in [5, 5.41) is 28.4. The summed E-state index contributed by atoms with van der Waals surface area (Å²) in [6.45, 7) is 1.39. The molecule has 2 heterocycles. The molecule has 0 aliphatic carbocycles. The second kappa shape index (κ2) is 2.96. The third kappa shape index (κ3) is 1.15. The molecule has 0 amide bonds. The van der Waals surface area contributed by atoms with Gasteiger partial charge in [0, 0.05) is 6.54 Å². The van der Waals surface area contributed by atoms with E-state index in [1.807, 2.05) is 4.90 Å². The fourth-order valence-electron chi connectivity index (χ4n) is 2.30. The fraction of sp³-hybridized carbons (Fsp3) is 1.00. The van der Waals surface area contributed by atoms with E-state index in [2.05, 4.69) is 0 Å². The summed E-state index contributed by atoms with van der Waals surface area (Å²) in [5.41, 5.74) is 0. The number of aliphatic hydroxyl groups excluding tert-OH is 3. The molecule has 2 rings (SSSR count). The Kier molecular flexibility index (Phi) is 2.08. The maximum atomic E-state index is 9.55. The van der Waals surface area contributed by atoms with Crippen molar-refractivity contribution in [2.24, 2.45) is 0 Å². The van der Waals surface area contributed by atoms with Crippen molar-refractivity contribution >= 4 is 0 Å². The van der Waals surface area contributed by atoms with E-state index >= 15 is 0 Å². The minimum atomic E-state index is -0.764. The third-order valence-electron chi connectivity index (χ3n) is 2.93. The van der Waals surface area contributed by atoms with Crippen LogP contribution in [0.5, 0.6) is 0 Å². The summed E-state index contributed by atoms with van der Waals surface area (Å²) < 4.78 is 0. The zero-order valence-corrected chi connectivity index (χ0v) is 6.93. The van der Waals surface area contributed by atoms with Crippen molar-refractivity contribution in [1.82, 2.24) is 4.90 Å². The first-order valence-corrected chi connectivity index (χ1v) is 4.48. The minimum Gasteiger partial charge on any atom is -0.391 e. The molecule has 0 aromatic heterocycles. The first kappa shape index (κ1) is 8.44. The second-order valence-corrected chi connectivity index (χ2v) is 3.75. The quantitative estimate of drug-likeness (QED) is 0.419. The predicted molar refractivity (Wildman–Crippen MR) is 42.6 cm³/mol. The van der Waals surface area contributed by atoms with Gasteiger partial charge in [0.15, 0.2) is 0 Å². The van der Waals surface area contributed by atoms with Crippen LogP contribution in [0, 0.1) is 0 Å². The molecule has 4 heteroatoms. The van der Waals surface area contributed by atoms with Gasteiger partial charge in [-0.3, -0.25) is 4.90 Å². The Bertz CT molecular complexity index is 176. The Morgan fingerprint density at radius 2 is 1.83 bits per heavy atom. The van der Waals surface area contributed by atoms with Crippen LogP contribution in [0.3, 0.4) is 0 Å². The van der Waals surface area contributed by atoms with Crippen molar-refractivity contribution < 1.29 is 15.3 Å². The second-order valence-electron chi connectivity index (χ2n) is 3.75. The normalized spacial score (nSPS) is 49.2. The standard InChI is InChI=1S/C8H15NO3/c10-5-2-1-3-9-4-6(11)8(12)7(5)9/h5-8,10-12H,1-4H2/t5-,6+,7-,8-/m1/s1. The lowest BCUT2D eigenvalue weighted by atomic mass is 9.97. The molecule has 0 radical (unpaired) electrons. The smallest absolute Gasteiger partial charge is 0.0991 e. The summed E-state index contributed by atoms with van der Waals surface area (Å²) in [5.74, 6) is 0. The van der Waals surface area contributed by atoms with E-state index in [4.69, 9.17) is 0 Å². The molecule has 0 unspecified atom stereocenters. The molecule has 4 nitrogen and oxygen atoms in total. The number of nitrogens with zero attached hydrogens (tertiary/aromatic N) is 1. The van der Waals surface area contributed by atoms with Gasteiger partial charge in [-0.2, -0.15) is 0 Å². The van der Waals surface area contributed by atoms with Gasteiger partial charge in [-0.1, -0.05) is 0 Å². The van der Waals surface area contributed by atoms with Gasteiger partial charge in [-0.25, -0.2) is 0 Å². The van der Waals surface area contributed by atoms with Crippen molar-refractivity contribution in [3.05, 3.63) is 0 Å². The first-order valence-electron chi connectivity index (χ1n) is 4.48. The number of fused-ring (bicyclic) bond motifs is 1. The molecule has 0 saturated carbocycles. The Labute approximate surface area is 71.4 Å². The predicted octanol–water partition coefficient (Wildman–Crippen LogP) is -1.45. The SMILES string of the molecule is O[C@H]1[C@H]2[C@H](O)CCCN2C[C@@H]1O. The minimum absolute atomic E-state index is 0.228. The highest BCUT2D eigenvalue weighted by Gasteiger charge is 2.45. The van der Waals surface area contributed by atoms with Crippen molar-refractivity contribution in [3.63, 3.8) is 0 Å². The Morgan fingerprint density at radius 3 is 2.50 bits per heavy atom. The highest BCUT2D eigenvalue weighted by molar-refractivity contribution is 4.99. The van der Waals surface area contributed by atoms with Crippen LogP contribution in [0.1, 0.15) is 12.8 Å². The van der Waals surface area contributed by atoms with Gasteiger partial charge in [0.1, 0.15) is 0 Å². The molecule has 12 heavy (non-hydrogen) atoms. The first-order chi connectivity index (χ1) is 5.70. The number of hydrogen-bond donors (Lipinski definition) is 3. The van der Waals surface area contributed by atoms with Crippen LogP contribution in [0.25, 0.3) is 0 Å². The average molecular weight is 173 g/mol. The lowest BCUT2D eigenvalue weighted by Crippen LogP contribution is -2.48. The lowest BCUT2D eigenvalue weighted by molar-refractivity contribution is -0.0282. The zero-order chi connectivity index (χ0) is 8.72. The van der Waals surface area contributed by atoms with Crippen LogP contribution in [0.2, 0.25) is 0 Å². The molecule has 3 N–H and O–H groups in total. The van der Waals surface area contributed by atoms with Gasteiger partial charge in [-0.05, 0) is 19.4 Å². The van der Waals surface area contributed by atoms with Crippen molar-refractivity contribution in [3.8, 4) is 0 Å². The summed E-state index contributed by atoms with van der Waals surface area (Å²) >= 11 is 0. The van der Waals surface area contributed by atoms with Crippen LogP contribution in [-0.4, -0.2) is 57.7 Å². The topological polar surface area (TPSA) is 63.9 Å². The van der Waals surface area contributed by atoms with Gasteiger partial charge in [-0.15, -0.1) is 0 Å². The van der Waals surface area contributed by atoms with Crippen LogP contribution in [-0.2, 0) is 0 Å². The lowest BCUT2D eigenvalue weighted by Gasteiger charge is -2.34. The molecule has 2 aliphatic heterocycles. The molecule has 0 bridgehead atoms. The monoisotopic (exact) mass is 173 g/mol. The van der Waals surface area contributed by atoms with Crippen molar-refractivity contribution in [1.29, 1.82) is 0 Å². The summed E-state index contributed by atoms with van der Waals surface area (Å²) in [4.78, 5) is 1.98. The summed E-state index contributed by atoms with van der Waals surface area (Å²) in [6, 6.07) is -0.228. The van der Waals surface area contributed by atoms with Gasteiger partial charge >= 0.3 is 0 Å². The Balaban J connectivity index is 2.12. The van der Waals surface area contributed by atoms with E-state index in [0.717, 1.165) is 19.4 Å². The van der Waals surface area contributed by atoms with E-state index in [-0.39, 0.29) is 6.04 Å². The van der Waals surface area contributed by atoms with E-state index in [9.17, 15) is 15.3 Å². The number of piperidine rings is 1. The average Bonchev–Trinajstić information content (AvgIpc) is 2.29. The van der Waals surface area contributed by atoms with Crippen LogP contribution in [0.15, 0.2) is 0 Å². The largest absolute Gasteiger partial charge is 0.391 e. The van der Waals surface area contributed by atoms with E-state index in [1.54, 1.807) is 0 Å². The highest BCUT2D eigenvalue weighted by Crippen LogP contribution is 2.27. The Hall–Kier alpha value is -0.160. The van der Waals surface area contributed by atoms with Gasteiger partial charge in [0.25, 0.3) is 0 Å². The Morgan fingerprint density at radius 1 is 1.08 bits per heavy atom.